The van der Waals surface area contributed by atoms with Gasteiger partial charge in [-0.15, -0.1) is 0 Å². The first-order valence-electron chi connectivity index (χ1n) is 9.61. The molecule has 0 fully saturated rings. The van der Waals surface area contributed by atoms with E-state index in [1.165, 1.54) is 38.1 Å². The fraction of sp³-hybridized carbons (Fsp3) is 0.304. The maximum atomic E-state index is 13.8. The highest BCUT2D eigenvalue weighted by Gasteiger charge is 2.50. The first-order valence-corrected chi connectivity index (χ1v) is 9.61. The molecule has 1 N–H and O–H groups in total. The molecule has 0 saturated heterocycles. The van der Waals surface area contributed by atoms with Crippen molar-refractivity contribution in [1.82, 2.24) is 5.32 Å². The molecule has 168 valence electrons. The molecule has 0 spiro atoms. The highest BCUT2D eigenvalue weighted by atomic mass is 19.4. The highest BCUT2D eigenvalue weighted by Crippen LogP contribution is 2.50. The molecule has 0 radical (unpaired) electrons. The molecular formula is C23H18F5N2O2-. The predicted molar refractivity (Wildman–Crippen MR) is 103 cm³/mol. The van der Waals surface area contributed by atoms with Crippen molar-refractivity contribution >= 4 is 5.97 Å². The summed E-state index contributed by atoms with van der Waals surface area (Å²) >= 11 is 0. The summed E-state index contributed by atoms with van der Waals surface area (Å²) in [6, 6.07) is 8.12. The molecule has 3 unspecified atom stereocenters. The van der Waals surface area contributed by atoms with Gasteiger partial charge in [0.05, 0.1) is 23.2 Å². The third-order valence-corrected chi connectivity index (χ3v) is 5.99. The van der Waals surface area contributed by atoms with Crippen LogP contribution in [0.5, 0.6) is 0 Å². The van der Waals surface area contributed by atoms with E-state index in [0.29, 0.717) is 5.56 Å². The SMILES string of the molecule is CC1NC(Cc2ccc(F)cc2)=C(C#N)C(c2ccc(F)cc2C(F)(F)F)C1(C)C(=O)[O-]. The van der Waals surface area contributed by atoms with E-state index in [1.807, 2.05) is 6.07 Å². The topological polar surface area (TPSA) is 76.0 Å². The Kier molecular flexibility index (Phi) is 6.00. The standard InChI is InChI=1S/C23H19F5N2O2/c1-12-22(2,21(31)32)20(16-8-7-15(25)10-18(16)23(26,27)28)17(11-29)19(30-12)9-13-3-5-14(24)6-4-13/h3-8,10,12,20,30H,9H2,1-2H3,(H,31,32)/p-1. The molecule has 0 aromatic heterocycles. The molecular weight excluding hydrogens is 431 g/mol. The molecule has 1 heterocycles. The maximum absolute atomic E-state index is 13.8. The molecule has 2 aromatic rings. The van der Waals surface area contributed by atoms with Crippen LogP contribution in [-0.2, 0) is 17.4 Å². The number of alkyl halides is 3. The van der Waals surface area contributed by atoms with E-state index >= 15 is 0 Å². The summed E-state index contributed by atoms with van der Waals surface area (Å²) < 4.78 is 68.2. The number of carboxylic acid groups (broad SMARTS) is 1. The number of hydrogen-bond acceptors (Lipinski definition) is 4. The van der Waals surface area contributed by atoms with Gasteiger partial charge in [-0.25, -0.2) is 8.78 Å². The summed E-state index contributed by atoms with van der Waals surface area (Å²) in [5.74, 6) is -4.86. The minimum Gasteiger partial charge on any atom is -0.549 e. The number of rotatable bonds is 4. The van der Waals surface area contributed by atoms with Crippen LogP contribution in [0.3, 0.4) is 0 Å². The lowest BCUT2D eigenvalue weighted by Crippen LogP contribution is -2.58. The molecule has 2 aromatic carbocycles. The molecule has 9 heteroatoms. The number of nitriles is 1. The number of carboxylic acids is 1. The second-order valence-electron chi connectivity index (χ2n) is 7.91. The molecule has 0 saturated carbocycles. The lowest BCUT2D eigenvalue weighted by Gasteiger charge is -2.48. The molecule has 1 aliphatic rings. The second kappa shape index (κ2) is 8.26. The van der Waals surface area contributed by atoms with Gasteiger partial charge in [-0.3, -0.25) is 0 Å². The van der Waals surface area contributed by atoms with Crippen molar-refractivity contribution in [2.24, 2.45) is 5.41 Å². The zero-order chi connectivity index (χ0) is 23.8. The lowest BCUT2D eigenvalue weighted by molar-refractivity contribution is -0.320. The summed E-state index contributed by atoms with van der Waals surface area (Å²) in [4.78, 5) is 12.2. The van der Waals surface area contributed by atoms with Gasteiger partial charge < -0.3 is 15.2 Å². The van der Waals surface area contributed by atoms with E-state index in [9.17, 15) is 37.1 Å². The summed E-state index contributed by atoms with van der Waals surface area (Å²) in [6.07, 6.45) is -4.97. The molecule has 0 bridgehead atoms. The van der Waals surface area contributed by atoms with Crippen molar-refractivity contribution in [1.29, 1.82) is 5.26 Å². The number of carbonyl (C=O) groups excluding carboxylic acids is 1. The average molecular weight is 449 g/mol. The summed E-state index contributed by atoms with van der Waals surface area (Å²) in [7, 11) is 0. The summed E-state index contributed by atoms with van der Waals surface area (Å²) in [5.41, 5.74) is -3.34. The first-order chi connectivity index (χ1) is 14.9. The second-order valence-corrected chi connectivity index (χ2v) is 7.91. The van der Waals surface area contributed by atoms with Gasteiger partial charge in [0, 0.05) is 29.5 Å². The number of aliphatic carboxylic acids is 1. The maximum Gasteiger partial charge on any atom is 0.416 e. The zero-order valence-corrected chi connectivity index (χ0v) is 17.1. The van der Waals surface area contributed by atoms with Gasteiger partial charge in [0.1, 0.15) is 11.6 Å². The van der Waals surface area contributed by atoms with E-state index in [1.54, 1.807) is 0 Å². The number of halogens is 5. The van der Waals surface area contributed by atoms with Crippen molar-refractivity contribution in [2.45, 2.75) is 38.4 Å². The van der Waals surface area contributed by atoms with Gasteiger partial charge in [0.25, 0.3) is 0 Å². The molecule has 0 amide bonds. The van der Waals surface area contributed by atoms with Crippen LogP contribution in [0, 0.1) is 28.4 Å². The molecule has 3 rings (SSSR count). The van der Waals surface area contributed by atoms with E-state index in [2.05, 4.69) is 5.32 Å². The van der Waals surface area contributed by atoms with Crippen LogP contribution in [0.2, 0.25) is 0 Å². The van der Waals surface area contributed by atoms with Gasteiger partial charge in [-0.1, -0.05) is 25.1 Å². The Morgan fingerprint density at radius 3 is 2.28 bits per heavy atom. The Morgan fingerprint density at radius 1 is 1.16 bits per heavy atom. The van der Waals surface area contributed by atoms with Crippen molar-refractivity contribution in [3.8, 4) is 6.07 Å². The number of benzene rings is 2. The van der Waals surface area contributed by atoms with Crippen molar-refractivity contribution < 1.29 is 31.9 Å². The zero-order valence-electron chi connectivity index (χ0n) is 17.1. The Hall–Kier alpha value is -3.41. The first kappa shape index (κ1) is 23.3. The van der Waals surface area contributed by atoms with Gasteiger partial charge in [-0.2, -0.15) is 18.4 Å². The Labute approximate surface area is 181 Å². The van der Waals surface area contributed by atoms with Crippen molar-refractivity contribution in [3.63, 3.8) is 0 Å². The number of hydrogen-bond donors (Lipinski definition) is 1. The summed E-state index contributed by atoms with van der Waals surface area (Å²) in [5, 5.41) is 25.0. The minimum absolute atomic E-state index is 0.0235. The summed E-state index contributed by atoms with van der Waals surface area (Å²) in [6.45, 7) is 2.65. The fourth-order valence-corrected chi connectivity index (χ4v) is 4.10. The van der Waals surface area contributed by atoms with Crippen LogP contribution in [0.1, 0.15) is 36.5 Å². The van der Waals surface area contributed by atoms with Crippen LogP contribution in [0.15, 0.2) is 53.7 Å². The average Bonchev–Trinajstić information content (AvgIpc) is 2.71. The molecule has 3 atom stereocenters. The Morgan fingerprint density at radius 2 is 1.75 bits per heavy atom. The number of nitrogens with one attached hydrogen (secondary N) is 1. The van der Waals surface area contributed by atoms with Crippen LogP contribution >= 0.6 is 0 Å². The Balaban J connectivity index is 2.28. The van der Waals surface area contributed by atoms with Gasteiger partial charge >= 0.3 is 6.18 Å². The highest BCUT2D eigenvalue weighted by molar-refractivity contribution is 5.77. The number of carbonyl (C=O) groups is 1. The molecule has 1 aliphatic heterocycles. The fourth-order valence-electron chi connectivity index (χ4n) is 4.10. The number of allylic oxidation sites excluding steroid dienone is 2. The quantitative estimate of drug-likeness (QED) is 0.720. The largest absolute Gasteiger partial charge is 0.549 e. The third-order valence-electron chi connectivity index (χ3n) is 5.99. The van der Waals surface area contributed by atoms with Gasteiger partial charge in [-0.05, 0) is 42.3 Å². The van der Waals surface area contributed by atoms with Crippen molar-refractivity contribution in [3.05, 3.63) is 82.1 Å². The van der Waals surface area contributed by atoms with Gasteiger partial charge in [0.15, 0.2) is 0 Å². The lowest BCUT2D eigenvalue weighted by atomic mass is 9.62. The Bertz CT molecular complexity index is 1120. The van der Waals surface area contributed by atoms with Crippen LogP contribution in [-0.4, -0.2) is 12.0 Å². The third kappa shape index (κ3) is 4.05. The van der Waals surface area contributed by atoms with Gasteiger partial charge in [0.2, 0.25) is 0 Å². The normalized spacial score (nSPS) is 23.4. The van der Waals surface area contributed by atoms with Crippen molar-refractivity contribution in [2.75, 3.05) is 0 Å². The van der Waals surface area contributed by atoms with E-state index < -0.39 is 52.3 Å². The van der Waals surface area contributed by atoms with Crippen LogP contribution in [0.4, 0.5) is 22.0 Å². The predicted octanol–water partition coefficient (Wildman–Crippen LogP) is 3.84. The number of nitrogens with zero attached hydrogens (tertiary/aromatic N) is 1. The minimum atomic E-state index is -4.99. The van der Waals surface area contributed by atoms with E-state index in [4.69, 9.17) is 0 Å². The van der Waals surface area contributed by atoms with Crippen LogP contribution < -0.4 is 10.4 Å². The van der Waals surface area contributed by atoms with E-state index in [0.717, 1.165) is 12.1 Å². The molecule has 4 nitrogen and oxygen atoms in total. The monoisotopic (exact) mass is 449 g/mol. The smallest absolute Gasteiger partial charge is 0.416 e. The molecule has 0 aliphatic carbocycles. The van der Waals surface area contributed by atoms with E-state index in [-0.39, 0.29) is 23.8 Å². The van der Waals surface area contributed by atoms with Crippen LogP contribution in [0.25, 0.3) is 0 Å². The molecule has 32 heavy (non-hydrogen) atoms.